The summed E-state index contributed by atoms with van der Waals surface area (Å²) in [5, 5.41) is 9.72. The van der Waals surface area contributed by atoms with Gasteiger partial charge in [0.15, 0.2) is 6.10 Å². The fourth-order valence-electron chi connectivity index (χ4n) is 1.99. The molecule has 0 radical (unpaired) electrons. The van der Waals surface area contributed by atoms with Crippen LogP contribution in [-0.4, -0.2) is 23.1 Å². The van der Waals surface area contributed by atoms with E-state index in [1.165, 1.54) is 0 Å². The van der Waals surface area contributed by atoms with Crippen molar-refractivity contribution in [3.63, 3.8) is 0 Å². The molecule has 1 rings (SSSR count). The zero-order valence-electron chi connectivity index (χ0n) is 9.78. The SMILES string of the molecule is [2H]CC(=O)OC(=O)C(O)C1CCCCCC1. The van der Waals surface area contributed by atoms with E-state index in [1.54, 1.807) is 0 Å². The Bertz CT molecular complexity index is 246. The predicted octanol–water partition coefficient (Wildman–Crippen LogP) is 1.41. The molecule has 0 heterocycles. The fraction of sp³-hybridized carbons (Fsp3) is 0.818. The highest BCUT2D eigenvalue weighted by molar-refractivity contribution is 5.86. The monoisotopic (exact) mass is 215 g/mol. The molecule has 0 saturated heterocycles. The lowest BCUT2D eigenvalue weighted by Crippen LogP contribution is -2.32. The van der Waals surface area contributed by atoms with E-state index in [-0.39, 0.29) is 5.92 Å². The van der Waals surface area contributed by atoms with Crippen LogP contribution in [0.4, 0.5) is 0 Å². The third-order valence-electron chi connectivity index (χ3n) is 2.80. The van der Waals surface area contributed by atoms with Crippen LogP contribution < -0.4 is 0 Å². The molecule has 86 valence electrons. The molecule has 1 fully saturated rings. The van der Waals surface area contributed by atoms with E-state index in [4.69, 9.17) is 1.37 Å². The minimum absolute atomic E-state index is 0.103. The second-order valence-corrected chi connectivity index (χ2v) is 3.99. The molecule has 0 aromatic carbocycles. The van der Waals surface area contributed by atoms with E-state index in [0.29, 0.717) is 0 Å². The Kier molecular flexibility index (Phi) is 4.14. The molecular formula is C11H18O4. The molecule has 15 heavy (non-hydrogen) atoms. The van der Waals surface area contributed by atoms with E-state index in [2.05, 4.69) is 4.74 Å². The van der Waals surface area contributed by atoms with Gasteiger partial charge in [-0.1, -0.05) is 25.7 Å². The molecule has 0 aromatic rings. The summed E-state index contributed by atoms with van der Waals surface area (Å²) in [7, 11) is 0. The second kappa shape index (κ2) is 5.85. The second-order valence-electron chi connectivity index (χ2n) is 3.99. The van der Waals surface area contributed by atoms with Gasteiger partial charge in [0, 0.05) is 8.27 Å². The van der Waals surface area contributed by atoms with Gasteiger partial charge in [0.2, 0.25) is 0 Å². The molecule has 1 N–H and O–H groups in total. The first-order chi connectivity index (χ1) is 7.65. The third-order valence-corrected chi connectivity index (χ3v) is 2.80. The van der Waals surface area contributed by atoms with E-state index < -0.39 is 24.9 Å². The van der Waals surface area contributed by atoms with E-state index in [1.807, 2.05) is 0 Å². The van der Waals surface area contributed by atoms with Crippen molar-refractivity contribution >= 4 is 11.9 Å². The molecule has 1 saturated carbocycles. The Morgan fingerprint density at radius 3 is 2.47 bits per heavy atom. The highest BCUT2D eigenvalue weighted by Crippen LogP contribution is 2.26. The zero-order chi connectivity index (χ0) is 12.0. The molecule has 0 amide bonds. The molecule has 4 heteroatoms. The predicted molar refractivity (Wildman–Crippen MR) is 54.0 cm³/mol. The normalized spacial score (nSPS) is 21.3. The van der Waals surface area contributed by atoms with Gasteiger partial charge in [-0.15, -0.1) is 0 Å². The number of rotatable bonds is 2. The van der Waals surface area contributed by atoms with Crippen molar-refractivity contribution < 1.29 is 20.8 Å². The van der Waals surface area contributed by atoms with Crippen molar-refractivity contribution in [1.29, 1.82) is 0 Å². The largest absolute Gasteiger partial charge is 0.391 e. The minimum Gasteiger partial charge on any atom is -0.391 e. The number of hydrogen-bond acceptors (Lipinski definition) is 4. The van der Waals surface area contributed by atoms with Crippen molar-refractivity contribution in [2.24, 2.45) is 5.92 Å². The van der Waals surface area contributed by atoms with Crippen LogP contribution in [0.3, 0.4) is 0 Å². The third kappa shape index (κ3) is 4.00. The summed E-state index contributed by atoms with van der Waals surface area (Å²) in [6, 6.07) is 0. The van der Waals surface area contributed by atoms with Crippen LogP contribution in [0, 0.1) is 5.92 Å². The van der Waals surface area contributed by atoms with Crippen LogP contribution in [0.15, 0.2) is 0 Å². The van der Waals surface area contributed by atoms with Crippen molar-refractivity contribution in [1.82, 2.24) is 0 Å². The van der Waals surface area contributed by atoms with Gasteiger partial charge < -0.3 is 9.84 Å². The van der Waals surface area contributed by atoms with Crippen molar-refractivity contribution in [2.45, 2.75) is 51.5 Å². The number of esters is 2. The van der Waals surface area contributed by atoms with Crippen LogP contribution in [0.5, 0.6) is 0 Å². The molecule has 0 aliphatic heterocycles. The van der Waals surface area contributed by atoms with E-state index in [9.17, 15) is 14.7 Å². The van der Waals surface area contributed by atoms with Crippen LogP contribution in [-0.2, 0) is 14.3 Å². The first-order valence-corrected chi connectivity index (χ1v) is 5.37. The molecular weight excluding hydrogens is 196 g/mol. The lowest BCUT2D eigenvalue weighted by atomic mass is 9.94. The van der Waals surface area contributed by atoms with Gasteiger partial charge in [-0.25, -0.2) is 4.79 Å². The highest BCUT2D eigenvalue weighted by Gasteiger charge is 2.28. The maximum absolute atomic E-state index is 11.3. The van der Waals surface area contributed by atoms with Gasteiger partial charge in [0.25, 0.3) is 0 Å². The van der Waals surface area contributed by atoms with E-state index >= 15 is 0 Å². The highest BCUT2D eigenvalue weighted by atomic mass is 16.6. The van der Waals surface area contributed by atoms with Gasteiger partial charge in [-0.05, 0) is 18.8 Å². The van der Waals surface area contributed by atoms with Gasteiger partial charge in [-0.2, -0.15) is 0 Å². The quantitative estimate of drug-likeness (QED) is 0.429. The summed E-state index contributed by atoms with van der Waals surface area (Å²) in [4.78, 5) is 22.1. The van der Waals surface area contributed by atoms with Gasteiger partial charge >= 0.3 is 11.9 Å². The lowest BCUT2D eigenvalue weighted by molar-refractivity contribution is -0.166. The molecule has 0 bridgehead atoms. The number of hydrogen-bond donors (Lipinski definition) is 1. The molecule has 4 nitrogen and oxygen atoms in total. The first kappa shape index (κ1) is 10.6. The molecule has 1 aliphatic carbocycles. The van der Waals surface area contributed by atoms with E-state index in [0.717, 1.165) is 38.5 Å². The van der Waals surface area contributed by atoms with Crippen LogP contribution >= 0.6 is 0 Å². The smallest absolute Gasteiger partial charge is 0.342 e. The molecule has 0 spiro atoms. The number of aliphatic hydroxyl groups excluding tert-OH is 1. The van der Waals surface area contributed by atoms with Gasteiger partial charge in [0.05, 0.1) is 0 Å². The number of carbonyl (C=O) groups is 2. The Morgan fingerprint density at radius 1 is 1.33 bits per heavy atom. The average molecular weight is 215 g/mol. The van der Waals surface area contributed by atoms with Gasteiger partial charge in [-0.3, -0.25) is 4.79 Å². The Morgan fingerprint density at radius 2 is 1.93 bits per heavy atom. The number of ether oxygens (including phenoxy) is 1. The Hall–Kier alpha value is -0.900. The average Bonchev–Trinajstić information content (AvgIpc) is 2.56. The van der Waals surface area contributed by atoms with Crippen LogP contribution in [0.25, 0.3) is 0 Å². The summed E-state index contributed by atoms with van der Waals surface area (Å²) in [6.45, 7) is -0.594. The first-order valence-electron chi connectivity index (χ1n) is 6.07. The summed E-state index contributed by atoms with van der Waals surface area (Å²) in [6.07, 6.45) is 4.64. The summed E-state index contributed by atoms with van der Waals surface area (Å²) in [5.74, 6) is -1.91. The van der Waals surface area contributed by atoms with Crippen molar-refractivity contribution in [3.8, 4) is 0 Å². The topological polar surface area (TPSA) is 63.6 Å². The standard InChI is InChI=1S/C11H18O4/c1-8(12)15-11(14)10(13)9-6-4-2-3-5-7-9/h9-10,13H,2-7H2,1H3/i1D. The molecule has 1 unspecified atom stereocenters. The van der Waals surface area contributed by atoms with Crippen LogP contribution in [0.2, 0.25) is 0 Å². The number of aliphatic hydroxyl groups is 1. The lowest BCUT2D eigenvalue weighted by Gasteiger charge is -2.18. The van der Waals surface area contributed by atoms with Crippen LogP contribution in [0.1, 0.15) is 46.8 Å². The maximum atomic E-state index is 11.3. The summed E-state index contributed by atoms with van der Waals surface area (Å²) >= 11 is 0. The maximum Gasteiger partial charge on any atom is 0.342 e. The zero-order valence-corrected chi connectivity index (χ0v) is 8.78. The van der Waals surface area contributed by atoms with Crippen molar-refractivity contribution in [2.75, 3.05) is 0 Å². The fourth-order valence-corrected chi connectivity index (χ4v) is 1.99. The molecule has 1 aliphatic rings. The molecule has 0 aromatic heterocycles. The minimum atomic E-state index is -1.21. The number of carbonyl (C=O) groups excluding carboxylic acids is 2. The summed E-state index contributed by atoms with van der Waals surface area (Å²) < 4.78 is 11.1. The Balaban J connectivity index is 2.44. The Labute approximate surface area is 91.0 Å². The van der Waals surface area contributed by atoms with Crippen molar-refractivity contribution in [3.05, 3.63) is 0 Å². The summed E-state index contributed by atoms with van der Waals surface area (Å²) in [5.41, 5.74) is 0. The van der Waals surface area contributed by atoms with Gasteiger partial charge in [0.1, 0.15) is 0 Å². The molecule has 1 atom stereocenters.